The fraction of sp³-hybridized carbons (Fsp3) is 0.314. The third-order valence-electron chi connectivity index (χ3n) is 8.00. The van der Waals surface area contributed by atoms with Gasteiger partial charge in [0.25, 0.3) is 0 Å². The lowest BCUT2D eigenvalue weighted by Crippen LogP contribution is -2.19. The molecule has 0 amide bonds. The molecule has 1 fully saturated rings. The number of aromatic nitrogens is 3. The molecule has 1 aliphatic heterocycles. The van der Waals surface area contributed by atoms with Crippen LogP contribution in [0, 0.1) is 11.3 Å². The Balaban J connectivity index is 1.38. The molecule has 0 aliphatic carbocycles. The van der Waals surface area contributed by atoms with Crippen LogP contribution < -0.4 is 10.5 Å². The zero-order valence-corrected chi connectivity index (χ0v) is 25.2. The van der Waals surface area contributed by atoms with Crippen molar-refractivity contribution in [1.29, 1.82) is 5.26 Å². The summed E-state index contributed by atoms with van der Waals surface area (Å²) in [5.41, 5.74) is 10.6. The second-order valence-electron chi connectivity index (χ2n) is 11.0. The lowest BCUT2D eigenvalue weighted by molar-refractivity contribution is -0.143. The van der Waals surface area contributed by atoms with Gasteiger partial charge in [-0.3, -0.25) is 4.79 Å². The van der Waals surface area contributed by atoms with Gasteiger partial charge in [-0.15, -0.1) is 0 Å². The molecular formula is C35H35N5O5. The summed E-state index contributed by atoms with van der Waals surface area (Å²) in [5, 5.41) is 17.9. The van der Waals surface area contributed by atoms with Crippen molar-refractivity contribution in [3.8, 4) is 22.9 Å². The standard InChI is InChI=1S/C35H35N5O5/c1-42-15-7-17-44-33(41)20-23-8-2-3-11-31(23)45-22-30-29-19-24(26-9-6-10-28-27(26)13-14-38-35(28)37)18-25(21-36)34(29)40(39-30)32-12-4-5-16-43-32/h2-3,6,8-11,13-14,18-19,32H,4-5,7,12,15-17,20,22H2,1H3,(H2,37,38). The molecule has 3 heterocycles. The highest BCUT2D eigenvalue weighted by molar-refractivity contribution is 6.03. The number of rotatable bonds is 11. The summed E-state index contributed by atoms with van der Waals surface area (Å²) in [7, 11) is 1.61. The topological polar surface area (TPSA) is 135 Å². The number of carbonyl (C=O) groups is 1. The van der Waals surface area contributed by atoms with Gasteiger partial charge in [-0.25, -0.2) is 9.67 Å². The Morgan fingerprint density at radius 1 is 1.09 bits per heavy atom. The number of hydrogen-bond donors (Lipinski definition) is 1. The maximum Gasteiger partial charge on any atom is 0.310 e. The van der Waals surface area contributed by atoms with E-state index in [2.05, 4.69) is 17.1 Å². The first-order chi connectivity index (χ1) is 22.1. The van der Waals surface area contributed by atoms with E-state index in [1.165, 1.54) is 0 Å². The average molecular weight is 606 g/mol. The highest BCUT2D eigenvalue weighted by Gasteiger charge is 2.25. The fourth-order valence-electron chi connectivity index (χ4n) is 5.82. The van der Waals surface area contributed by atoms with Crippen molar-refractivity contribution in [2.24, 2.45) is 0 Å². The number of anilines is 1. The summed E-state index contributed by atoms with van der Waals surface area (Å²) in [4.78, 5) is 16.8. The Morgan fingerprint density at radius 3 is 2.80 bits per heavy atom. The largest absolute Gasteiger partial charge is 0.487 e. The minimum absolute atomic E-state index is 0.0794. The number of carbonyl (C=O) groups excluding carboxylic acids is 1. The van der Waals surface area contributed by atoms with Gasteiger partial charge in [-0.1, -0.05) is 36.4 Å². The van der Waals surface area contributed by atoms with E-state index in [1.807, 2.05) is 59.3 Å². The van der Waals surface area contributed by atoms with E-state index in [0.717, 1.165) is 46.5 Å². The molecule has 0 bridgehead atoms. The number of nitrogens with two attached hydrogens (primary N) is 1. The van der Waals surface area contributed by atoms with Crippen LogP contribution in [-0.2, 0) is 32.0 Å². The third kappa shape index (κ3) is 6.45. The number of fused-ring (bicyclic) bond motifs is 2. The number of esters is 1. The quantitative estimate of drug-likeness (QED) is 0.140. The molecule has 230 valence electrons. The van der Waals surface area contributed by atoms with Crippen LogP contribution in [0.1, 0.15) is 48.7 Å². The number of nitrogen functional groups attached to an aromatic ring is 1. The fourth-order valence-corrected chi connectivity index (χ4v) is 5.82. The molecule has 10 nitrogen and oxygen atoms in total. The minimum atomic E-state index is -0.333. The molecule has 6 rings (SSSR count). The van der Waals surface area contributed by atoms with Crippen LogP contribution in [0.2, 0.25) is 0 Å². The van der Waals surface area contributed by atoms with Crippen molar-refractivity contribution in [3.63, 3.8) is 0 Å². The second-order valence-corrected chi connectivity index (χ2v) is 11.0. The zero-order chi connectivity index (χ0) is 31.2. The summed E-state index contributed by atoms with van der Waals surface area (Å²) in [5.74, 6) is 0.682. The molecule has 1 unspecified atom stereocenters. The van der Waals surface area contributed by atoms with Gasteiger partial charge in [-0.2, -0.15) is 10.4 Å². The Labute approximate surface area is 261 Å². The Morgan fingerprint density at radius 2 is 1.98 bits per heavy atom. The van der Waals surface area contributed by atoms with E-state index >= 15 is 0 Å². The molecule has 2 N–H and O–H groups in total. The Bertz CT molecular complexity index is 1870. The minimum Gasteiger partial charge on any atom is -0.487 e. The number of hydrogen-bond acceptors (Lipinski definition) is 9. The van der Waals surface area contributed by atoms with Crippen LogP contribution in [0.5, 0.6) is 5.75 Å². The molecule has 0 saturated carbocycles. The van der Waals surface area contributed by atoms with Gasteiger partial charge in [0.2, 0.25) is 0 Å². The molecule has 1 aliphatic rings. The molecule has 1 atom stereocenters. The van der Waals surface area contributed by atoms with Crippen LogP contribution in [0.4, 0.5) is 5.82 Å². The van der Waals surface area contributed by atoms with Gasteiger partial charge >= 0.3 is 5.97 Å². The van der Waals surface area contributed by atoms with Gasteiger partial charge in [0.05, 0.1) is 24.1 Å². The van der Waals surface area contributed by atoms with E-state index in [9.17, 15) is 10.1 Å². The highest BCUT2D eigenvalue weighted by Crippen LogP contribution is 2.37. The number of pyridine rings is 1. The monoisotopic (exact) mass is 605 g/mol. The van der Waals surface area contributed by atoms with Crippen molar-refractivity contribution in [3.05, 3.63) is 83.7 Å². The molecule has 45 heavy (non-hydrogen) atoms. The predicted octanol–water partition coefficient (Wildman–Crippen LogP) is 6.11. The summed E-state index contributed by atoms with van der Waals surface area (Å²) in [6.45, 7) is 1.58. The van der Waals surface area contributed by atoms with Gasteiger partial charge in [-0.05, 0) is 60.0 Å². The van der Waals surface area contributed by atoms with Crippen LogP contribution in [0.3, 0.4) is 0 Å². The van der Waals surface area contributed by atoms with E-state index < -0.39 is 0 Å². The molecule has 0 radical (unpaired) electrons. The van der Waals surface area contributed by atoms with Crippen molar-refractivity contribution >= 4 is 33.5 Å². The number of nitriles is 1. The van der Waals surface area contributed by atoms with Crippen LogP contribution in [0.25, 0.3) is 32.8 Å². The molecule has 3 aromatic carbocycles. The number of benzene rings is 3. The van der Waals surface area contributed by atoms with Crippen molar-refractivity contribution < 1.29 is 23.7 Å². The summed E-state index contributed by atoms with van der Waals surface area (Å²) in [6, 6.07) is 21.6. The van der Waals surface area contributed by atoms with Crippen LogP contribution in [-0.4, -0.2) is 47.7 Å². The molecule has 2 aromatic heterocycles. The van der Waals surface area contributed by atoms with E-state index in [1.54, 1.807) is 13.3 Å². The second kappa shape index (κ2) is 13.8. The molecular weight excluding hydrogens is 570 g/mol. The lowest BCUT2D eigenvalue weighted by Gasteiger charge is -2.23. The van der Waals surface area contributed by atoms with Gasteiger partial charge in [0.15, 0.2) is 6.23 Å². The smallest absolute Gasteiger partial charge is 0.310 e. The van der Waals surface area contributed by atoms with Gasteiger partial charge in [0, 0.05) is 49.3 Å². The third-order valence-corrected chi connectivity index (χ3v) is 8.00. The number of nitrogens with zero attached hydrogens (tertiary/aromatic N) is 4. The summed E-state index contributed by atoms with van der Waals surface area (Å²) in [6.07, 6.45) is 4.93. The Kier molecular flexibility index (Phi) is 9.19. The maximum absolute atomic E-state index is 12.5. The van der Waals surface area contributed by atoms with E-state index in [4.69, 9.17) is 29.8 Å². The normalized spacial score (nSPS) is 14.8. The maximum atomic E-state index is 12.5. The molecule has 0 spiro atoms. The van der Waals surface area contributed by atoms with Crippen LogP contribution >= 0.6 is 0 Å². The van der Waals surface area contributed by atoms with Crippen molar-refractivity contribution in [2.75, 3.05) is 32.7 Å². The zero-order valence-electron chi connectivity index (χ0n) is 25.2. The predicted molar refractivity (Wildman–Crippen MR) is 170 cm³/mol. The van der Waals surface area contributed by atoms with Gasteiger partial charge < -0.3 is 24.7 Å². The molecule has 10 heteroatoms. The highest BCUT2D eigenvalue weighted by atomic mass is 16.5. The lowest BCUT2D eigenvalue weighted by atomic mass is 9.95. The number of para-hydroxylation sites is 1. The summed E-state index contributed by atoms with van der Waals surface area (Å²) >= 11 is 0. The first-order valence-corrected chi connectivity index (χ1v) is 15.1. The Hall–Kier alpha value is -4.98. The first kappa shape index (κ1) is 30.1. The van der Waals surface area contributed by atoms with Crippen molar-refractivity contribution in [1.82, 2.24) is 14.8 Å². The van der Waals surface area contributed by atoms with E-state index in [-0.39, 0.29) is 25.2 Å². The van der Waals surface area contributed by atoms with E-state index in [0.29, 0.717) is 60.1 Å². The number of methoxy groups -OCH3 is 1. The first-order valence-electron chi connectivity index (χ1n) is 15.1. The number of ether oxygens (including phenoxy) is 4. The molecule has 1 saturated heterocycles. The van der Waals surface area contributed by atoms with Crippen LogP contribution in [0.15, 0.2) is 66.9 Å². The SMILES string of the molecule is COCCCOC(=O)Cc1ccccc1OCc1nn(C2CCCCO2)c2c(C#N)cc(-c3cccc4c(N)nccc34)cc12. The summed E-state index contributed by atoms with van der Waals surface area (Å²) < 4.78 is 24.7. The van der Waals surface area contributed by atoms with Crippen molar-refractivity contribution in [2.45, 2.75) is 44.9 Å². The van der Waals surface area contributed by atoms with Gasteiger partial charge in [0.1, 0.15) is 29.9 Å². The average Bonchev–Trinajstić information content (AvgIpc) is 3.45. The molecule has 5 aromatic rings.